The Bertz CT molecular complexity index is 1790. The first kappa shape index (κ1) is 21.3. The molecule has 7 aromatic rings. The van der Waals surface area contributed by atoms with Crippen LogP contribution in [-0.4, -0.2) is 9.55 Å². The number of pyridine rings is 1. The Morgan fingerprint density at radius 3 is 1.65 bits per heavy atom. The predicted octanol–water partition coefficient (Wildman–Crippen LogP) is 9.18. The van der Waals surface area contributed by atoms with Crippen LogP contribution in [0.4, 0.5) is 0 Å². The van der Waals surface area contributed by atoms with E-state index in [4.69, 9.17) is 4.98 Å². The average molecular weight is 473 g/mol. The summed E-state index contributed by atoms with van der Waals surface area (Å²) in [4.78, 5) is 5.22. The van der Waals surface area contributed by atoms with Gasteiger partial charge in [0.1, 0.15) is 5.82 Å². The lowest BCUT2D eigenvalue weighted by atomic mass is 10.0. The Balaban J connectivity index is 1.51. The first-order valence-electron chi connectivity index (χ1n) is 12.6. The van der Waals surface area contributed by atoms with Crippen LogP contribution in [0.15, 0.2) is 146 Å². The van der Waals surface area contributed by atoms with Gasteiger partial charge in [0, 0.05) is 16.3 Å². The van der Waals surface area contributed by atoms with Gasteiger partial charge in [0.05, 0.1) is 16.7 Å². The van der Waals surface area contributed by atoms with Gasteiger partial charge in [0.15, 0.2) is 0 Å². The normalized spacial score (nSPS) is 11.2. The van der Waals surface area contributed by atoms with E-state index in [-0.39, 0.29) is 0 Å². The summed E-state index contributed by atoms with van der Waals surface area (Å²) in [5.74, 6) is 0.916. The molecule has 2 nitrogen and oxygen atoms in total. The Morgan fingerprint density at radius 2 is 0.946 bits per heavy atom. The molecule has 0 aliphatic rings. The Kier molecular flexibility index (Phi) is 5.15. The molecule has 0 bridgehead atoms. The molecular formula is C35H24N2. The highest BCUT2D eigenvalue weighted by molar-refractivity contribution is 6.10. The van der Waals surface area contributed by atoms with Gasteiger partial charge in [-0.15, -0.1) is 0 Å². The second-order valence-electron chi connectivity index (χ2n) is 9.28. The van der Waals surface area contributed by atoms with Crippen LogP contribution in [0.1, 0.15) is 0 Å². The quantitative estimate of drug-likeness (QED) is 0.250. The van der Waals surface area contributed by atoms with Crippen molar-refractivity contribution in [3.63, 3.8) is 0 Å². The number of para-hydroxylation sites is 1. The van der Waals surface area contributed by atoms with Crippen LogP contribution in [0.2, 0.25) is 0 Å². The minimum Gasteiger partial charge on any atom is -0.294 e. The van der Waals surface area contributed by atoms with E-state index < -0.39 is 0 Å². The summed E-state index contributed by atoms with van der Waals surface area (Å²) in [6.45, 7) is 0. The number of hydrogen-bond acceptors (Lipinski definition) is 1. The van der Waals surface area contributed by atoms with E-state index in [1.807, 2.05) is 6.07 Å². The second-order valence-corrected chi connectivity index (χ2v) is 9.28. The third kappa shape index (κ3) is 3.80. The minimum absolute atomic E-state index is 0.916. The highest BCUT2D eigenvalue weighted by atomic mass is 15.1. The van der Waals surface area contributed by atoms with Gasteiger partial charge in [-0.3, -0.25) is 4.57 Å². The zero-order valence-corrected chi connectivity index (χ0v) is 20.3. The molecule has 0 unspecified atom stereocenters. The van der Waals surface area contributed by atoms with Gasteiger partial charge in [0.2, 0.25) is 0 Å². The van der Waals surface area contributed by atoms with Gasteiger partial charge >= 0.3 is 0 Å². The van der Waals surface area contributed by atoms with Gasteiger partial charge in [-0.2, -0.15) is 0 Å². The third-order valence-electron chi connectivity index (χ3n) is 7.00. The summed E-state index contributed by atoms with van der Waals surface area (Å²) in [5, 5.41) is 2.45. The predicted molar refractivity (Wildman–Crippen MR) is 155 cm³/mol. The summed E-state index contributed by atoms with van der Waals surface area (Å²) in [7, 11) is 0. The SMILES string of the molecule is c1ccc(-c2cc(-c3ccccc3)nc(-n3c4ccccc4c4cc(-c5ccccc5)ccc43)c2)cc1. The third-order valence-corrected chi connectivity index (χ3v) is 7.00. The van der Waals surface area contributed by atoms with Gasteiger partial charge in [-0.1, -0.05) is 115 Å². The van der Waals surface area contributed by atoms with Crippen molar-refractivity contribution >= 4 is 21.8 Å². The van der Waals surface area contributed by atoms with Crippen molar-refractivity contribution in [1.82, 2.24) is 9.55 Å². The van der Waals surface area contributed by atoms with Crippen molar-refractivity contribution in [3.05, 3.63) is 146 Å². The van der Waals surface area contributed by atoms with Gasteiger partial charge in [0.25, 0.3) is 0 Å². The molecule has 2 heteroatoms. The molecule has 37 heavy (non-hydrogen) atoms. The van der Waals surface area contributed by atoms with Crippen molar-refractivity contribution in [2.75, 3.05) is 0 Å². The molecule has 0 saturated heterocycles. The van der Waals surface area contributed by atoms with E-state index in [1.54, 1.807) is 0 Å². The molecule has 0 fully saturated rings. The van der Waals surface area contributed by atoms with E-state index in [0.717, 1.165) is 33.7 Å². The molecule has 0 N–H and O–H groups in total. The van der Waals surface area contributed by atoms with Gasteiger partial charge < -0.3 is 0 Å². The zero-order valence-electron chi connectivity index (χ0n) is 20.3. The Hall–Kier alpha value is -4.95. The van der Waals surface area contributed by atoms with Gasteiger partial charge in [-0.05, 0) is 52.6 Å². The number of benzene rings is 5. The van der Waals surface area contributed by atoms with E-state index >= 15 is 0 Å². The molecule has 7 rings (SSSR count). The number of hydrogen-bond donors (Lipinski definition) is 0. The maximum absolute atomic E-state index is 5.22. The molecule has 5 aromatic carbocycles. The fraction of sp³-hybridized carbons (Fsp3) is 0. The molecule has 0 aliphatic heterocycles. The maximum atomic E-state index is 5.22. The molecule has 0 amide bonds. The molecule has 0 saturated carbocycles. The Labute approximate surface area is 216 Å². The lowest BCUT2D eigenvalue weighted by Gasteiger charge is -2.13. The molecule has 0 aliphatic carbocycles. The monoisotopic (exact) mass is 472 g/mol. The molecule has 2 aromatic heterocycles. The molecule has 0 atom stereocenters. The first-order valence-corrected chi connectivity index (χ1v) is 12.6. The van der Waals surface area contributed by atoms with Crippen LogP contribution in [0, 0.1) is 0 Å². The lowest BCUT2D eigenvalue weighted by molar-refractivity contribution is 1.08. The zero-order chi connectivity index (χ0) is 24.6. The summed E-state index contributed by atoms with van der Waals surface area (Å²) in [5.41, 5.74) is 9.13. The van der Waals surface area contributed by atoms with E-state index in [9.17, 15) is 0 Å². The molecule has 0 radical (unpaired) electrons. The topological polar surface area (TPSA) is 17.8 Å². The molecular weight excluding hydrogens is 448 g/mol. The highest BCUT2D eigenvalue weighted by Gasteiger charge is 2.16. The Morgan fingerprint density at radius 1 is 0.378 bits per heavy atom. The summed E-state index contributed by atoms with van der Waals surface area (Å²) < 4.78 is 2.30. The van der Waals surface area contributed by atoms with E-state index in [0.29, 0.717) is 0 Å². The number of aromatic nitrogens is 2. The van der Waals surface area contributed by atoms with Crippen LogP contribution in [0.5, 0.6) is 0 Å². The maximum Gasteiger partial charge on any atom is 0.138 e. The van der Waals surface area contributed by atoms with Crippen LogP contribution in [0.25, 0.3) is 61.1 Å². The van der Waals surface area contributed by atoms with E-state index in [2.05, 4.69) is 144 Å². The summed E-state index contributed by atoms with van der Waals surface area (Å²) in [6, 6.07) is 51.3. The minimum atomic E-state index is 0.916. The van der Waals surface area contributed by atoms with Crippen molar-refractivity contribution in [2.45, 2.75) is 0 Å². The van der Waals surface area contributed by atoms with E-state index in [1.165, 1.54) is 27.5 Å². The van der Waals surface area contributed by atoms with Gasteiger partial charge in [-0.25, -0.2) is 4.98 Å². The summed E-state index contributed by atoms with van der Waals surface area (Å²) >= 11 is 0. The fourth-order valence-corrected chi connectivity index (χ4v) is 5.21. The van der Waals surface area contributed by atoms with Crippen molar-refractivity contribution in [1.29, 1.82) is 0 Å². The van der Waals surface area contributed by atoms with Crippen LogP contribution in [-0.2, 0) is 0 Å². The van der Waals surface area contributed by atoms with Crippen molar-refractivity contribution in [2.24, 2.45) is 0 Å². The number of rotatable bonds is 4. The average Bonchev–Trinajstić information content (AvgIpc) is 3.32. The molecule has 2 heterocycles. The van der Waals surface area contributed by atoms with Crippen molar-refractivity contribution < 1.29 is 0 Å². The standard InChI is InChI=1S/C35H24N2/c1-4-12-25(13-5-1)28-20-21-34-31(22-28)30-18-10-11-19-33(30)37(34)35-24-29(26-14-6-2-7-15-26)23-32(36-35)27-16-8-3-9-17-27/h1-24H. The first-order chi connectivity index (χ1) is 18.3. The fourth-order valence-electron chi connectivity index (χ4n) is 5.21. The van der Waals surface area contributed by atoms with Crippen LogP contribution in [0.3, 0.4) is 0 Å². The van der Waals surface area contributed by atoms with Crippen LogP contribution < -0.4 is 0 Å². The smallest absolute Gasteiger partial charge is 0.138 e. The summed E-state index contributed by atoms with van der Waals surface area (Å²) in [6.07, 6.45) is 0. The highest BCUT2D eigenvalue weighted by Crippen LogP contribution is 2.36. The number of fused-ring (bicyclic) bond motifs is 3. The second kappa shape index (κ2) is 8.92. The van der Waals surface area contributed by atoms with Crippen molar-refractivity contribution in [3.8, 4) is 39.3 Å². The largest absolute Gasteiger partial charge is 0.294 e. The number of nitrogens with zero attached hydrogens (tertiary/aromatic N) is 2. The van der Waals surface area contributed by atoms with Crippen LogP contribution >= 0.6 is 0 Å². The molecule has 174 valence electrons. The lowest BCUT2D eigenvalue weighted by Crippen LogP contribution is -2.00. The molecule has 0 spiro atoms.